The minimum atomic E-state index is -0.674. The molecule has 2 heterocycles. The standard InChI is InChI=1S/C6H7N5O3/c12-5-3(1-14-11-5)9-6(13)4-7-2-8-10-4/h2-3H,1H2,(H,9,13)(H,11,12)(H,7,8,10). The number of hydrogen-bond acceptors (Lipinski definition) is 5. The third-order valence-electron chi connectivity index (χ3n) is 1.67. The molecule has 1 unspecified atom stereocenters. The first-order chi connectivity index (χ1) is 6.77. The van der Waals surface area contributed by atoms with E-state index in [0.717, 1.165) is 0 Å². The Morgan fingerprint density at radius 1 is 1.71 bits per heavy atom. The Bertz CT molecular complexity index is 348. The van der Waals surface area contributed by atoms with Gasteiger partial charge >= 0.3 is 0 Å². The van der Waals surface area contributed by atoms with E-state index in [9.17, 15) is 9.59 Å². The van der Waals surface area contributed by atoms with Crippen LogP contribution in [-0.4, -0.2) is 39.6 Å². The molecule has 1 atom stereocenters. The van der Waals surface area contributed by atoms with Gasteiger partial charge in [0.05, 0.1) is 0 Å². The number of nitrogens with zero attached hydrogens (tertiary/aromatic N) is 2. The Morgan fingerprint density at radius 2 is 2.57 bits per heavy atom. The highest BCUT2D eigenvalue weighted by atomic mass is 16.7. The molecule has 1 aromatic heterocycles. The third-order valence-corrected chi connectivity index (χ3v) is 1.67. The fourth-order valence-electron chi connectivity index (χ4n) is 0.992. The minimum absolute atomic E-state index is 0.0599. The van der Waals surface area contributed by atoms with Crippen molar-refractivity contribution in [2.24, 2.45) is 0 Å². The van der Waals surface area contributed by atoms with Crippen LogP contribution >= 0.6 is 0 Å². The Balaban J connectivity index is 1.98. The van der Waals surface area contributed by atoms with Crippen LogP contribution in [0.15, 0.2) is 6.33 Å². The van der Waals surface area contributed by atoms with Gasteiger partial charge in [-0.3, -0.25) is 19.5 Å². The van der Waals surface area contributed by atoms with Crippen molar-refractivity contribution in [1.82, 2.24) is 26.0 Å². The summed E-state index contributed by atoms with van der Waals surface area (Å²) >= 11 is 0. The second-order valence-electron chi connectivity index (χ2n) is 2.64. The molecular weight excluding hydrogens is 190 g/mol. The number of aromatic nitrogens is 3. The van der Waals surface area contributed by atoms with Gasteiger partial charge in [-0.2, -0.15) is 5.10 Å². The molecule has 3 N–H and O–H groups in total. The number of H-pyrrole nitrogens is 1. The zero-order valence-electron chi connectivity index (χ0n) is 6.98. The molecule has 74 valence electrons. The Labute approximate surface area is 78.0 Å². The van der Waals surface area contributed by atoms with Gasteiger partial charge in [0.25, 0.3) is 11.8 Å². The molecule has 0 radical (unpaired) electrons. The van der Waals surface area contributed by atoms with Crippen molar-refractivity contribution in [1.29, 1.82) is 0 Å². The van der Waals surface area contributed by atoms with Crippen molar-refractivity contribution >= 4 is 11.8 Å². The van der Waals surface area contributed by atoms with Crippen LogP contribution in [0.25, 0.3) is 0 Å². The minimum Gasteiger partial charge on any atom is -0.335 e. The van der Waals surface area contributed by atoms with Crippen LogP contribution in [0.1, 0.15) is 10.6 Å². The third kappa shape index (κ3) is 1.55. The molecule has 1 aliphatic heterocycles. The van der Waals surface area contributed by atoms with Crippen molar-refractivity contribution in [3.63, 3.8) is 0 Å². The van der Waals surface area contributed by atoms with Crippen molar-refractivity contribution in [3.8, 4) is 0 Å². The summed E-state index contributed by atoms with van der Waals surface area (Å²) in [5.74, 6) is -0.810. The molecule has 1 aromatic rings. The number of carbonyl (C=O) groups is 2. The molecule has 8 nitrogen and oxygen atoms in total. The van der Waals surface area contributed by atoms with Crippen molar-refractivity contribution < 1.29 is 14.4 Å². The largest absolute Gasteiger partial charge is 0.335 e. The van der Waals surface area contributed by atoms with E-state index in [4.69, 9.17) is 0 Å². The van der Waals surface area contributed by atoms with E-state index in [1.54, 1.807) is 0 Å². The number of amides is 2. The number of aromatic amines is 1. The monoisotopic (exact) mass is 197 g/mol. The van der Waals surface area contributed by atoms with E-state index < -0.39 is 11.9 Å². The summed E-state index contributed by atoms with van der Waals surface area (Å²) in [6, 6.07) is -0.674. The SMILES string of the molecule is O=C(NC1CONC1=O)c1ncn[nH]1. The number of rotatable bonds is 2. The topological polar surface area (TPSA) is 109 Å². The van der Waals surface area contributed by atoms with Gasteiger partial charge in [0.15, 0.2) is 0 Å². The Morgan fingerprint density at radius 3 is 3.14 bits per heavy atom. The summed E-state index contributed by atoms with van der Waals surface area (Å²) in [6.45, 7) is 0.110. The van der Waals surface area contributed by atoms with Gasteiger partial charge in [0.2, 0.25) is 5.82 Å². The van der Waals surface area contributed by atoms with Gasteiger partial charge in [-0.15, -0.1) is 0 Å². The summed E-state index contributed by atoms with van der Waals surface area (Å²) in [7, 11) is 0. The zero-order chi connectivity index (χ0) is 9.97. The maximum absolute atomic E-state index is 11.3. The maximum Gasteiger partial charge on any atom is 0.289 e. The van der Waals surface area contributed by atoms with Gasteiger partial charge < -0.3 is 5.32 Å². The maximum atomic E-state index is 11.3. The second kappa shape index (κ2) is 3.42. The predicted octanol–water partition coefficient (Wildman–Crippen LogP) is -2.04. The molecule has 14 heavy (non-hydrogen) atoms. The summed E-state index contributed by atoms with van der Waals surface area (Å²) < 4.78 is 0. The number of hydroxylamine groups is 1. The van der Waals surface area contributed by atoms with Gasteiger partial charge in [-0.25, -0.2) is 10.5 Å². The van der Waals surface area contributed by atoms with Crippen molar-refractivity contribution in [2.75, 3.05) is 6.61 Å². The second-order valence-corrected chi connectivity index (χ2v) is 2.64. The van der Waals surface area contributed by atoms with E-state index in [1.807, 2.05) is 0 Å². The van der Waals surface area contributed by atoms with Crippen LogP contribution in [0.3, 0.4) is 0 Å². The first kappa shape index (κ1) is 8.63. The molecule has 2 rings (SSSR count). The highest BCUT2D eigenvalue weighted by Gasteiger charge is 2.27. The van der Waals surface area contributed by atoms with Gasteiger partial charge in [-0.1, -0.05) is 0 Å². The van der Waals surface area contributed by atoms with Crippen LogP contribution in [0.4, 0.5) is 0 Å². The first-order valence-electron chi connectivity index (χ1n) is 3.85. The Kier molecular flexibility index (Phi) is 2.11. The summed E-state index contributed by atoms with van der Waals surface area (Å²) in [6.07, 6.45) is 1.21. The predicted molar refractivity (Wildman–Crippen MR) is 41.7 cm³/mol. The molecule has 1 saturated heterocycles. The molecule has 8 heteroatoms. The number of hydrogen-bond donors (Lipinski definition) is 3. The average Bonchev–Trinajstić information content (AvgIpc) is 2.77. The van der Waals surface area contributed by atoms with E-state index in [1.165, 1.54) is 6.33 Å². The molecule has 1 fully saturated rings. The molecular formula is C6H7N5O3. The summed E-state index contributed by atoms with van der Waals surface area (Å²) in [4.78, 5) is 30.6. The zero-order valence-corrected chi connectivity index (χ0v) is 6.98. The number of carbonyl (C=O) groups excluding carboxylic acids is 2. The van der Waals surface area contributed by atoms with Crippen LogP contribution in [0.2, 0.25) is 0 Å². The first-order valence-corrected chi connectivity index (χ1v) is 3.85. The lowest BCUT2D eigenvalue weighted by Crippen LogP contribution is -2.42. The van der Waals surface area contributed by atoms with Crippen molar-refractivity contribution in [3.05, 3.63) is 12.2 Å². The highest BCUT2D eigenvalue weighted by Crippen LogP contribution is 1.95. The molecule has 1 aliphatic rings. The lowest BCUT2D eigenvalue weighted by molar-refractivity contribution is -0.125. The normalized spacial score (nSPS) is 20.6. The highest BCUT2D eigenvalue weighted by molar-refractivity contribution is 5.94. The lowest BCUT2D eigenvalue weighted by Gasteiger charge is -2.05. The summed E-state index contributed by atoms with van der Waals surface area (Å²) in [5, 5.41) is 8.31. The summed E-state index contributed by atoms with van der Waals surface area (Å²) in [5.41, 5.74) is 2.12. The van der Waals surface area contributed by atoms with Crippen LogP contribution < -0.4 is 10.8 Å². The van der Waals surface area contributed by atoms with Gasteiger partial charge in [0.1, 0.15) is 19.0 Å². The van der Waals surface area contributed by atoms with Crippen molar-refractivity contribution in [2.45, 2.75) is 6.04 Å². The molecule has 0 spiro atoms. The number of nitrogens with one attached hydrogen (secondary N) is 3. The molecule has 0 aromatic carbocycles. The molecule has 0 saturated carbocycles. The van der Waals surface area contributed by atoms with Gasteiger partial charge in [-0.05, 0) is 0 Å². The molecule has 2 amide bonds. The smallest absolute Gasteiger partial charge is 0.289 e. The van der Waals surface area contributed by atoms with E-state index in [2.05, 4.69) is 30.8 Å². The fraction of sp³-hybridized carbons (Fsp3) is 0.333. The van der Waals surface area contributed by atoms with E-state index in [-0.39, 0.29) is 18.3 Å². The molecule has 0 aliphatic carbocycles. The van der Waals surface area contributed by atoms with Crippen LogP contribution in [0.5, 0.6) is 0 Å². The lowest BCUT2D eigenvalue weighted by atomic mass is 10.3. The Hall–Kier alpha value is -1.96. The average molecular weight is 197 g/mol. The quantitative estimate of drug-likeness (QED) is 0.506. The van der Waals surface area contributed by atoms with Crippen LogP contribution in [-0.2, 0) is 9.63 Å². The van der Waals surface area contributed by atoms with E-state index in [0.29, 0.717) is 0 Å². The van der Waals surface area contributed by atoms with Crippen LogP contribution in [0, 0.1) is 0 Å². The van der Waals surface area contributed by atoms with Gasteiger partial charge in [0, 0.05) is 0 Å². The fourth-order valence-corrected chi connectivity index (χ4v) is 0.992. The van der Waals surface area contributed by atoms with E-state index >= 15 is 0 Å². The molecule has 0 bridgehead atoms.